The van der Waals surface area contributed by atoms with E-state index in [0.29, 0.717) is 22.8 Å². The molecule has 23 heavy (non-hydrogen) atoms. The predicted octanol–water partition coefficient (Wildman–Crippen LogP) is 1.17. The van der Waals surface area contributed by atoms with Crippen LogP contribution in [-0.4, -0.2) is 34.4 Å². The Balaban J connectivity index is 2.13. The average Bonchev–Trinajstić information content (AvgIpc) is 3.01. The van der Waals surface area contributed by atoms with Gasteiger partial charge in [0, 0.05) is 11.6 Å². The van der Waals surface area contributed by atoms with Crippen molar-refractivity contribution in [2.45, 2.75) is 25.1 Å². The number of aliphatic hydroxyl groups is 1. The summed E-state index contributed by atoms with van der Waals surface area (Å²) in [5.41, 5.74) is 1.40. The van der Waals surface area contributed by atoms with Crippen molar-refractivity contribution in [2.75, 3.05) is 7.11 Å². The third kappa shape index (κ3) is 2.76. The number of phenols is 1. The smallest absolute Gasteiger partial charge is 0.321 e. The third-order valence-corrected chi connectivity index (χ3v) is 3.93. The molecule has 0 unspecified atom stereocenters. The number of fused-ring (bicyclic) bond motifs is 1. The number of carbonyl (C=O) groups is 1. The van der Waals surface area contributed by atoms with Crippen LogP contribution in [0.25, 0.3) is 0 Å². The lowest BCUT2D eigenvalue weighted by molar-refractivity contribution is -0.139. The zero-order valence-electron chi connectivity index (χ0n) is 12.4. The number of ether oxygens (including phenoxy) is 1. The topological polar surface area (TPSA) is 112 Å². The van der Waals surface area contributed by atoms with Gasteiger partial charge in [0.2, 0.25) is 0 Å². The molecule has 0 amide bonds. The average molecular weight is 319 g/mol. The molecule has 4 N–H and O–H groups in total. The highest BCUT2D eigenvalue weighted by Gasteiger charge is 2.35. The van der Waals surface area contributed by atoms with Gasteiger partial charge >= 0.3 is 5.97 Å². The van der Waals surface area contributed by atoms with E-state index in [1.807, 2.05) is 0 Å². The Kier molecular flexibility index (Phi) is 3.97. The van der Waals surface area contributed by atoms with Crippen molar-refractivity contribution in [3.63, 3.8) is 0 Å². The second-order valence-electron chi connectivity index (χ2n) is 5.38. The van der Waals surface area contributed by atoms with E-state index < -0.39 is 18.1 Å². The van der Waals surface area contributed by atoms with Gasteiger partial charge in [0.15, 0.2) is 0 Å². The maximum absolute atomic E-state index is 11.4. The van der Waals surface area contributed by atoms with Crippen molar-refractivity contribution in [2.24, 2.45) is 0 Å². The first kappa shape index (κ1) is 15.4. The van der Waals surface area contributed by atoms with Crippen LogP contribution in [-0.2, 0) is 17.8 Å². The standard InChI is InChI=1S/C16H17NO6/c1-22-13-6-9(19)4-8-5-11(16(20)21)17-15(14(8)13)12-3-2-10(7-18)23-12/h2-4,6,11,15,17-19H,5,7H2,1H3,(H,20,21)/t11-,15-/m1/s1. The summed E-state index contributed by atoms with van der Waals surface area (Å²) in [6.07, 6.45) is 0.222. The number of aliphatic hydroxyl groups excluding tert-OH is 1. The van der Waals surface area contributed by atoms with Crippen LogP contribution in [0.1, 0.15) is 28.7 Å². The molecule has 0 saturated heterocycles. The van der Waals surface area contributed by atoms with Crippen molar-refractivity contribution < 1.29 is 29.3 Å². The molecular weight excluding hydrogens is 302 g/mol. The number of phenolic OH excluding ortho intramolecular Hbond substituents is 1. The number of rotatable bonds is 4. The van der Waals surface area contributed by atoms with Crippen LogP contribution >= 0.6 is 0 Å². The molecule has 2 aromatic rings. The lowest BCUT2D eigenvalue weighted by Crippen LogP contribution is -2.45. The quantitative estimate of drug-likeness (QED) is 0.669. The Morgan fingerprint density at radius 2 is 2.22 bits per heavy atom. The lowest BCUT2D eigenvalue weighted by Gasteiger charge is -2.31. The van der Waals surface area contributed by atoms with Crippen LogP contribution in [0.2, 0.25) is 0 Å². The molecule has 0 saturated carbocycles. The molecule has 1 aromatic carbocycles. The first-order valence-corrected chi connectivity index (χ1v) is 7.11. The number of methoxy groups -OCH3 is 1. The SMILES string of the molecule is COc1cc(O)cc2c1[C@@H](c1ccc(CO)o1)N[C@@H](C(=O)O)C2. The highest BCUT2D eigenvalue weighted by Crippen LogP contribution is 2.40. The summed E-state index contributed by atoms with van der Waals surface area (Å²) in [6, 6.07) is 4.97. The van der Waals surface area contributed by atoms with Crippen molar-refractivity contribution in [3.05, 3.63) is 46.9 Å². The van der Waals surface area contributed by atoms with Crippen LogP contribution in [0.15, 0.2) is 28.7 Å². The molecule has 7 heteroatoms. The second kappa shape index (κ2) is 5.94. The molecule has 1 aromatic heterocycles. The molecular formula is C16H17NO6. The Bertz CT molecular complexity index is 738. The monoisotopic (exact) mass is 319 g/mol. The summed E-state index contributed by atoms with van der Waals surface area (Å²) in [5.74, 6) is 0.338. The van der Waals surface area contributed by atoms with E-state index in [4.69, 9.17) is 14.3 Å². The molecule has 1 aliphatic heterocycles. The highest BCUT2D eigenvalue weighted by molar-refractivity contribution is 5.75. The molecule has 0 bridgehead atoms. The molecule has 0 fully saturated rings. The zero-order valence-corrected chi connectivity index (χ0v) is 12.4. The minimum Gasteiger partial charge on any atom is -0.508 e. The first-order chi connectivity index (χ1) is 11.0. The second-order valence-corrected chi connectivity index (χ2v) is 5.38. The summed E-state index contributed by atoms with van der Waals surface area (Å²) in [4.78, 5) is 11.4. The van der Waals surface area contributed by atoms with Gasteiger partial charge in [-0.1, -0.05) is 0 Å². The van der Waals surface area contributed by atoms with Gasteiger partial charge in [-0.25, -0.2) is 0 Å². The molecule has 2 atom stereocenters. The number of hydrogen-bond donors (Lipinski definition) is 4. The van der Waals surface area contributed by atoms with Gasteiger partial charge in [-0.15, -0.1) is 0 Å². The van der Waals surface area contributed by atoms with Gasteiger partial charge in [-0.05, 0) is 30.2 Å². The van der Waals surface area contributed by atoms with Gasteiger partial charge < -0.3 is 24.5 Å². The van der Waals surface area contributed by atoms with Crippen molar-refractivity contribution in [1.29, 1.82) is 0 Å². The van der Waals surface area contributed by atoms with Crippen molar-refractivity contribution in [1.82, 2.24) is 5.32 Å². The molecule has 0 spiro atoms. The van der Waals surface area contributed by atoms with Crippen LogP contribution in [0, 0.1) is 0 Å². The van der Waals surface area contributed by atoms with Crippen molar-refractivity contribution in [3.8, 4) is 11.5 Å². The minimum absolute atomic E-state index is 0.0147. The van der Waals surface area contributed by atoms with Gasteiger partial charge in [0.05, 0.1) is 13.2 Å². The molecule has 3 rings (SSSR count). The summed E-state index contributed by atoms with van der Waals surface area (Å²) in [5, 5.41) is 31.3. The first-order valence-electron chi connectivity index (χ1n) is 7.11. The summed E-state index contributed by atoms with van der Waals surface area (Å²) >= 11 is 0. The Morgan fingerprint density at radius 3 is 2.83 bits per heavy atom. The maximum Gasteiger partial charge on any atom is 0.321 e. The molecule has 0 radical (unpaired) electrons. The van der Waals surface area contributed by atoms with E-state index in [9.17, 15) is 15.0 Å². The highest BCUT2D eigenvalue weighted by atomic mass is 16.5. The van der Waals surface area contributed by atoms with Gasteiger partial charge in [0.25, 0.3) is 0 Å². The number of carboxylic acids is 1. The fourth-order valence-electron chi connectivity index (χ4n) is 2.91. The van der Waals surface area contributed by atoms with Crippen LogP contribution in [0.4, 0.5) is 0 Å². The van der Waals surface area contributed by atoms with E-state index in [2.05, 4.69) is 5.32 Å². The van der Waals surface area contributed by atoms with E-state index in [1.165, 1.54) is 19.2 Å². The van der Waals surface area contributed by atoms with E-state index in [1.54, 1.807) is 12.1 Å². The Labute approximate surface area is 132 Å². The van der Waals surface area contributed by atoms with Crippen LogP contribution in [0.5, 0.6) is 11.5 Å². The Morgan fingerprint density at radius 1 is 1.43 bits per heavy atom. The summed E-state index contributed by atoms with van der Waals surface area (Å²) < 4.78 is 10.9. The molecule has 2 heterocycles. The van der Waals surface area contributed by atoms with E-state index in [-0.39, 0.29) is 18.8 Å². The molecule has 122 valence electrons. The number of aromatic hydroxyl groups is 1. The molecule has 7 nitrogen and oxygen atoms in total. The molecule has 1 aliphatic rings. The maximum atomic E-state index is 11.4. The summed E-state index contributed by atoms with van der Waals surface area (Å²) in [7, 11) is 1.48. The number of benzene rings is 1. The zero-order chi connectivity index (χ0) is 16.6. The summed E-state index contributed by atoms with van der Waals surface area (Å²) in [6.45, 7) is -0.241. The van der Waals surface area contributed by atoms with E-state index >= 15 is 0 Å². The molecule has 0 aliphatic carbocycles. The lowest BCUT2D eigenvalue weighted by atomic mass is 9.88. The number of furan rings is 1. The van der Waals surface area contributed by atoms with Gasteiger partial charge in [-0.3, -0.25) is 10.1 Å². The Hall–Kier alpha value is -2.51. The van der Waals surface area contributed by atoms with Gasteiger partial charge in [-0.2, -0.15) is 0 Å². The van der Waals surface area contributed by atoms with Crippen LogP contribution < -0.4 is 10.1 Å². The van der Waals surface area contributed by atoms with E-state index in [0.717, 1.165) is 5.56 Å². The largest absolute Gasteiger partial charge is 0.508 e. The number of carboxylic acid groups (broad SMARTS) is 1. The minimum atomic E-state index is -0.989. The number of hydrogen-bond acceptors (Lipinski definition) is 6. The third-order valence-electron chi connectivity index (χ3n) is 3.93. The van der Waals surface area contributed by atoms with Gasteiger partial charge in [0.1, 0.15) is 35.7 Å². The number of nitrogens with one attached hydrogen (secondary N) is 1. The number of aliphatic carboxylic acids is 1. The fourth-order valence-corrected chi connectivity index (χ4v) is 2.91. The fraction of sp³-hybridized carbons (Fsp3) is 0.312. The normalized spacial score (nSPS) is 20.1. The van der Waals surface area contributed by atoms with Crippen molar-refractivity contribution >= 4 is 5.97 Å². The van der Waals surface area contributed by atoms with Crippen LogP contribution in [0.3, 0.4) is 0 Å². The predicted molar refractivity (Wildman–Crippen MR) is 79.4 cm³/mol.